The number of hydrogen-bond donors (Lipinski definition) is 0. The van der Waals surface area contributed by atoms with Gasteiger partial charge in [0.2, 0.25) is 0 Å². The van der Waals surface area contributed by atoms with Gasteiger partial charge in [0.25, 0.3) is 15.5 Å². The van der Waals surface area contributed by atoms with E-state index in [0.29, 0.717) is 0 Å². The lowest BCUT2D eigenvalue weighted by molar-refractivity contribution is 0.147. The van der Waals surface area contributed by atoms with E-state index in [-0.39, 0.29) is 3.70 Å². The first-order valence-electron chi connectivity index (χ1n) is 3.21. The average Bonchev–Trinajstić information content (AvgIpc) is 2.01. The highest BCUT2D eigenvalue weighted by atomic mass is 127. The van der Waals surface area contributed by atoms with Crippen molar-refractivity contribution in [3.8, 4) is 0 Å². The summed E-state index contributed by atoms with van der Waals surface area (Å²) in [5.74, 6) is 0. The summed E-state index contributed by atoms with van der Waals surface area (Å²) >= 11 is 1.54. The van der Waals surface area contributed by atoms with E-state index in [1.54, 1.807) is 0 Å². The molecule has 1 heterocycles. The Kier molecular flexibility index (Phi) is 3.64. The molecule has 0 spiro atoms. The summed E-state index contributed by atoms with van der Waals surface area (Å²) in [6.07, 6.45) is -1.79. The van der Waals surface area contributed by atoms with Gasteiger partial charge in [0, 0.05) is 22.4 Å². The van der Waals surface area contributed by atoms with Crippen LogP contribution in [0.15, 0.2) is 17.2 Å². The molecule has 3 nitrogen and oxygen atoms in total. The summed E-state index contributed by atoms with van der Waals surface area (Å²) in [4.78, 5) is 2.96. The quantitative estimate of drug-likeness (QED) is 0.466. The lowest BCUT2D eigenvalue weighted by Gasteiger charge is -2.06. The molecule has 0 radical (unpaired) electrons. The van der Waals surface area contributed by atoms with Crippen LogP contribution in [0.2, 0.25) is 0 Å². The maximum Gasteiger partial charge on any atom is 0.265 e. The number of nitrogens with zero attached hydrogens (tertiary/aromatic N) is 1. The Morgan fingerprint density at radius 1 is 1.50 bits per heavy atom. The van der Waals surface area contributed by atoms with E-state index in [1.807, 2.05) is 0 Å². The summed E-state index contributed by atoms with van der Waals surface area (Å²) in [7, 11) is 0.820. The molecule has 78 valence electrons. The van der Waals surface area contributed by atoms with Gasteiger partial charge in [-0.3, -0.25) is 0 Å². The molecule has 0 amide bonds. The van der Waals surface area contributed by atoms with Crippen molar-refractivity contribution in [3.63, 3.8) is 0 Å². The molecular formula is C6H3ClF2INO2S. The molecule has 1 aromatic rings. The number of hydrogen-bond acceptors (Lipinski definition) is 3. The summed E-state index contributed by atoms with van der Waals surface area (Å²) in [5.41, 5.74) is -0.626. The second-order valence-electron chi connectivity index (χ2n) is 2.26. The molecule has 0 saturated heterocycles. The van der Waals surface area contributed by atoms with Crippen molar-refractivity contribution in [1.29, 1.82) is 0 Å². The Hall–Kier alpha value is -0.0200. The largest absolute Gasteiger partial charge is 0.265 e. The van der Waals surface area contributed by atoms with Crippen LogP contribution in [0, 0.1) is 3.70 Å². The van der Waals surface area contributed by atoms with Gasteiger partial charge in [0.05, 0.1) is 0 Å². The topological polar surface area (TPSA) is 47.0 Å². The van der Waals surface area contributed by atoms with Gasteiger partial charge in [0.1, 0.15) is 8.60 Å². The lowest BCUT2D eigenvalue weighted by Crippen LogP contribution is -2.03. The number of alkyl halides is 2. The molecule has 0 aromatic carbocycles. The van der Waals surface area contributed by atoms with Crippen LogP contribution in [0.3, 0.4) is 0 Å². The predicted octanol–water partition coefficient (Wildman–Crippen LogP) is 2.55. The minimum absolute atomic E-state index is 0.0598. The zero-order valence-electron chi connectivity index (χ0n) is 6.42. The maximum absolute atomic E-state index is 12.4. The van der Waals surface area contributed by atoms with E-state index in [9.17, 15) is 17.2 Å². The molecule has 1 rings (SSSR count). The van der Waals surface area contributed by atoms with Crippen LogP contribution in [-0.2, 0) is 9.05 Å². The van der Waals surface area contributed by atoms with Gasteiger partial charge >= 0.3 is 0 Å². The predicted molar refractivity (Wildman–Crippen MR) is 54.9 cm³/mol. The molecule has 0 saturated carbocycles. The minimum Gasteiger partial charge on any atom is -0.249 e. The van der Waals surface area contributed by atoms with Gasteiger partial charge < -0.3 is 0 Å². The molecular weight excluding hydrogens is 350 g/mol. The van der Waals surface area contributed by atoms with Crippen LogP contribution in [0.4, 0.5) is 8.78 Å². The first-order chi connectivity index (χ1) is 6.34. The van der Waals surface area contributed by atoms with Crippen LogP contribution in [0.1, 0.15) is 12.0 Å². The van der Waals surface area contributed by atoms with Crippen LogP contribution in [0.25, 0.3) is 0 Å². The molecule has 0 unspecified atom stereocenters. The first kappa shape index (κ1) is 12.1. The van der Waals surface area contributed by atoms with Crippen molar-refractivity contribution in [3.05, 3.63) is 21.5 Å². The number of halogens is 4. The van der Waals surface area contributed by atoms with Gasteiger partial charge in [0.15, 0.2) is 0 Å². The van der Waals surface area contributed by atoms with E-state index in [2.05, 4.69) is 4.98 Å². The number of pyridine rings is 1. The average molecular weight is 354 g/mol. The molecule has 0 atom stereocenters. The van der Waals surface area contributed by atoms with Gasteiger partial charge in [-0.2, -0.15) is 0 Å². The second kappa shape index (κ2) is 4.23. The summed E-state index contributed by atoms with van der Waals surface area (Å²) in [6, 6.07) is 0.933. The van der Waals surface area contributed by atoms with Crippen LogP contribution < -0.4 is 0 Å². The Bertz CT molecular complexity index is 451. The maximum atomic E-state index is 12.4. The summed E-state index contributed by atoms with van der Waals surface area (Å²) < 4.78 is 46.6. The molecule has 0 bridgehead atoms. The van der Waals surface area contributed by atoms with E-state index < -0.39 is 25.9 Å². The third-order valence-corrected chi connectivity index (χ3v) is 3.93. The van der Waals surface area contributed by atoms with Crippen molar-refractivity contribution >= 4 is 42.3 Å². The fourth-order valence-corrected chi connectivity index (χ4v) is 3.76. The van der Waals surface area contributed by atoms with E-state index in [4.69, 9.17) is 10.7 Å². The Morgan fingerprint density at radius 3 is 2.43 bits per heavy atom. The standard InChI is InChI=1S/C6H3ClF2INO2S/c7-14(12,13)4-3(5(8)9)1-2-11-6(4)10/h1-2,5H. The van der Waals surface area contributed by atoms with E-state index >= 15 is 0 Å². The summed E-state index contributed by atoms with van der Waals surface area (Å²) in [6.45, 7) is 0. The van der Waals surface area contributed by atoms with Crippen molar-refractivity contribution in [1.82, 2.24) is 4.98 Å². The zero-order chi connectivity index (χ0) is 10.9. The fourth-order valence-electron chi connectivity index (χ4n) is 0.850. The van der Waals surface area contributed by atoms with Crippen LogP contribution in [-0.4, -0.2) is 13.4 Å². The van der Waals surface area contributed by atoms with Crippen molar-refractivity contribution in [2.24, 2.45) is 0 Å². The fraction of sp³-hybridized carbons (Fsp3) is 0.167. The first-order valence-corrected chi connectivity index (χ1v) is 6.60. The highest BCUT2D eigenvalue weighted by Crippen LogP contribution is 2.30. The molecule has 14 heavy (non-hydrogen) atoms. The molecule has 0 aliphatic heterocycles. The Labute approximate surface area is 97.0 Å². The highest BCUT2D eigenvalue weighted by molar-refractivity contribution is 14.1. The van der Waals surface area contributed by atoms with Gasteiger partial charge in [-0.25, -0.2) is 22.2 Å². The molecule has 0 fully saturated rings. The molecule has 0 N–H and O–H groups in total. The number of rotatable bonds is 2. The number of aromatic nitrogens is 1. The van der Waals surface area contributed by atoms with Crippen LogP contribution >= 0.6 is 33.3 Å². The third kappa shape index (κ3) is 2.51. The zero-order valence-corrected chi connectivity index (χ0v) is 10.1. The monoisotopic (exact) mass is 353 g/mol. The second-order valence-corrected chi connectivity index (χ2v) is 5.78. The van der Waals surface area contributed by atoms with E-state index in [0.717, 1.165) is 12.3 Å². The SMILES string of the molecule is O=S(=O)(Cl)c1c(C(F)F)ccnc1I. The van der Waals surface area contributed by atoms with Gasteiger partial charge in [-0.05, 0) is 28.7 Å². The minimum atomic E-state index is -4.19. The lowest BCUT2D eigenvalue weighted by atomic mass is 10.3. The molecule has 0 aliphatic rings. The van der Waals surface area contributed by atoms with Gasteiger partial charge in [-0.15, -0.1) is 0 Å². The molecule has 8 heteroatoms. The molecule has 1 aromatic heterocycles. The Balaban J connectivity index is 3.54. The molecule has 0 aliphatic carbocycles. The Morgan fingerprint density at radius 2 is 2.07 bits per heavy atom. The van der Waals surface area contributed by atoms with Crippen LogP contribution in [0.5, 0.6) is 0 Å². The van der Waals surface area contributed by atoms with Crippen molar-refractivity contribution < 1.29 is 17.2 Å². The normalized spacial score (nSPS) is 12.1. The van der Waals surface area contributed by atoms with Crippen molar-refractivity contribution in [2.45, 2.75) is 11.3 Å². The summed E-state index contributed by atoms with van der Waals surface area (Å²) in [5, 5.41) is 0. The van der Waals surface area contributed by atoms with E-state index in [1.165, 1.54) is 22.6 Å². The third-order valence-electron chi connectivity index (χ3n) is 1.37. The highest BCUT2D eigenvalue weighted by Gasteiger charge is 2.25. The smallest absolute Gasteiger partial charge is 0.249 e. The van der Waals surface area contributed by atoms with Crippen molar-refractivity contribution in [2.75, 3.05) is 0 Å². The van der Waals surface area contributed by atoms with Gasteiger partial charge in [-0.1, -0.05) is 0 Å².